The fourth-order valence-electron chi connectivity index (χ4n) is 2.07. The first-order valence-electron chi connectivity index (χ1n) is 6.03. The molecular formula is C12H26N2O. The number of aliphatic hydroxyl groups is 1. The van der Waals surface area contributed by atoms with Crippen molar-refractivity contribution in [2.45, 2.75) is 45.3 Å². The van der Waals surface area contributed by atoms with Crippen LogP contribution in [0.25, 0.3) is 0 Å². The lowest BCUT2D eigenvalue weighted by atomic mass is 9.95. The second kappa shape index (κ2) is 4.81. The van der Waals surface area contributed by atoms with Crippen molar-refractivity contribution >= 4 is 0 Å². The highest BCUT2D eigenvalue weighted by molar-refractivity contribution is 4.97. The van der Waals surface area contributed by atoms with Crippen LogP contribution in [0.3, 0.4) is 0 Å². The molecular weight excluding hydrogens is 188 g/mol. The van der Waals surface area contributed by atoms with Crippen LogP contribution < -0.4 is 5.73 Å². The summed E-state index contributed by atoms with van der Waals surface area (Å²) in [7, 11) is 2.08. The minimum absolute atomic E-state index is 0.382. The Hall–Kier alpha value is -0.120. The number of hydrogen-bond acceptors (Lipinski definition) is 3. The molecule has 3 nitrogen and oxygen atoms in total. The SMILES string of the molecule is CC(C)C(C)N(C)CC(O)(CN)C1CC1. The van der Waals surface area contributed by atoms with E-state index in [1.165, 1.54) is 0 Å². The molecule has 0 aromatic rings. The molecule has 1 saturated carbocycles. The summed E-state index contributed by atoms with van der Waals surface area (Å²) in [6.07, 6.45) is 2.27. The van der Waals surface area contributed by atoms with Gasteiger partial charge >= 0.3 is 0 Å². The largest absolute Gasteiger partial charge is 0.387 e. The zero-order valence-corrected chi connectivity index (χ0v) is 10.5. The van der Waals surface area contributed by atoms with Gasteiger partial charge in [-0.2, -0.15) is 0 Å². The lowest BCUT2D eigenvalue weighted by Gasteiger charge is -2.36. The number of nitrogens with zero attached hydrogens (tertiary/aromatic N) is 1. The van der Waals surface area contributed by atoms with Crippen LogP contribution in [0.15, 0.2) is 0 Å². The normalized spacial score (nSPS) is 23.2. The minimum Gasteiger partial charge on any atom is -0.387 e. The van der Waals surface area contributed by atoms with Crippen LogP contribution in [0.4, 0.5) is 0 Å². The van der Waals surface area contributed by atoms with Gasteiger partial charge in [-0.05, 0) is 38.6 Å². The number of hydrogen-bond donors (Lipinski definition) is 2. The monoisotopic (exact) mass is 214 g/mol. The van der Waals surface area contributed by atoms with Gasteiger partial charge in [0, 0.05) is 19.1 Å². The molecule has 0 aromatic carbocycles. The molecule has 1 rings (SSSR count). The van der Waals surface area contributed by atoms with Gasteiger partial charge < -0.3 is 15.7 Å². The molecule has 3 heteroatoms. The summed E-state index contributed by atoms with van der Waals surface area (Å²) in [6.45, 7) is 7.70. The van der Waals surface area contributed by atoms with Gasteiger partial charge in [-0.25, -0.2) is 0 Å². The predicted molar refractivity (Wildman–Crippen MR) is 63.7 cm³/mol. The van der Waals surface area contributed by atoms with Crippen LogP contribution in [0.1, 0.15) is 33.6 Å². The van der Waals surface area contributed by atoms with Crippen molar-refractivity contribution in [2.24, 2.45) is 17.6 Å². The number of likely N-dealkylation sites (N-methyl/N-ethyl adjacent to an activating group) is 1. The van der Waals surface area contributed by atoms with E-state index >= 15 is 0 Å². The first-order chi connectivity index (χ1) is 6.90. The molecule has 0 spiro atoms. The van der Waals surface area contributed by atoms with Gasteiger partial charge in [-0.1, -0.05) is 13.8 Å². The van der Waals surface area contributed by atoms with Crippen LogP contribution in [0, 0.1) is 11.8 Å². The number of nitrogens with two attached hydrogens (primary N) is 1. The van der Waals surface area contributed by atoms with E-state index in [0.29, 0.717) is 31.0 Å². The van der Waals surface area contributed by atoms with Crippen LogP contribution in [-0.2, 0) is 0 Å². The molecule has 1 fully saturated rings. The van der Waals surface area contributed by atoms with Gasteiger partial charge in [0.15, 0.2) is 0 Å². The highest BCUT2D eigenvalue weighted by Crippen LogP contribution is 2.39. The van der Waals surface area contributed by atoms with Gasteiger partial charge in [0.05, 0.1) is 5.60 Å². The van der Waals surface area contributed by atoms with Crippen LogP contribution in [-0.4, -0.2) is 41.8 Å². The average molecular weight is 214 g/mol. The van der Waals surface area contributed by atoms with Crippen molar-refractivity contribution < 1.29 is 5.11 Å². The maximum absolute atomic E-state index is 10.4. The summed E-state index contributed by atoms with van der Waals surface area (Å²) in [5.74, 6) is 1.04. The topological polar surface area (TPSA) is 49.5 Å². The Morgan fingerprint density at radius 3 is 2.27 bits per heavy atom. The molecule has 0 heterocycles. The van der Waals surface area contributed by atoms with E-state index in [1.807, 2.05) is 0 Å². The number of rotatable bonds is 6. The lowest BCUT2D eigenvalue weighted by molar-refractivity contribution is -0.0145. The van der Waals surface area contributed by atoms with Crippen LogP contribution in [0.2, 0.25) is 0 Å². The van der Waals surface area contributed by atoms with Crippen molar-refractivity contribution in [1.29, 1.82) is 0 Å². The molecule has 0 aromatic heterocycles. The zero-order chi connectivity index (χ0) is 11.6. The Morgan fingerprint density at radius 2 is 1.93 bits per heavy atom. The quantitative estimate of drug-likeness (QED) is 0.695. The molecule has 0 saturated heterocycles. The van der Waals surface area contributed by atoms with E-state index < -0.39 is 5.60 Å². The zero-order valence-electron chi connectivity index (χ0n) is 10.5. The summed E-state index contributed by atoms with van der Waals surface area (Å²) >= 11 is 0. The molecule has 0 radical (unpaired) electrons. The Morgan fingerprint density at radius 1 is 1.40 bits per heavy atom. The third-order valence-corrected chi connectivity index (χ3v) is 3.87. The van der Waals surface area contributed by atoms with Crippen molar-refractivity contribution in [3.8, 4) is 0 Å². The van der Waals surface area contributed by atoms with Crippen molar-refractivity contribution in [3.63, 3.8) is 0 Å². The molecule has 3 N–H and O–H groups in total. The molecule has 1 aliphatic carbocycles. The first-order valence-corrected chi connectivity index (χ1v) is 6.03. The van der Waals surface area contributed by atoms with Gasteiger partial charge in [-0.15, -0.1) is 0 Å². The fraction of sp³-hybridized carbons (Fsp3) is 1.00. The summed E-state index contributed by atoms with van der Waals surface area (Å²) in [5.41, 5.74) is 5.04. The minimum atomic E-state index is -0.655. The van der Waals surface area contributed by atoms with Gasteiger partial charge in [-0.3, -0.25) is 0 Å². The average Bonchev–Trinajstić information content (AvgIpc) is 2.99. The Balaban J connectivity index is 2.50. The molecule has 0 amide bonds. The molecule has 0 aliphatic heterocycles. The van der Waals surface area contributed by atoms with E-state index in [1.54, 1.807) is 0 Å². The third-order valence-electron chi connectivity index (χ3n) is 3.87. The lowest BCUT2D eigenvalue weighted by Crippen LogP contribution is -2.51. The van der Waals surface area contributed by atoms with Crippen LogP contribution in [0.5, 0.6) is 0 Å². The maximum Gasteiger partial charge on any atom is 0.0923 e. The van der Waals surface area contributed by atoms with Crippen molar-refractivity contribution in [1.82, 2.24) is 4.90 Å². The van der Waals surface area contributed by atoms with E-state index in [2.05, 4.69) is 32.7 Å². The Kier molecular flexibility index (Phi) is 4.15. The predicted octanol–water partition coefficient (Wildman–Crippen LogP) is 1.06. The third kappa shape index (κ3) is 3.16. The Bertz CT molecular complexity index is 204. The standard InChI is InChI=1S/C12H26N2O/c1-9(2)10(3)14(4)8-12(15,7-13)11-5-6-11/h9-11,15H,5-8,13H2,1-4H3. The summed E-state index contributed by atoms with van der Waals surface area (Å²) < 4.78 is 0. The summed E-state index contributed by atoms with van der Waals surface area (Å²) in [4.78, 5) is 2.23. The molecule has 0 bridgehead atoms. The summed E-state index contributed by atoms with van der Waals surface area (Å²) in [6, 6.07) is 0.488. The molecule has 2 atom stereocenters. The molecule has 1 aliphatic rings. The van der Waals surface area contributed by atoms with Gasteiger partial charge in [0.2, 0.25) is 0 Å². The van der Waals surface area contributed by atoms with Crippen molar-refractivity contribution in [2.75, 3.05) is 20.1 Å². The van der Waals surface area contributed by atoms with E-state index in [9.17, 15) is 5.11 Å². The van der Waals surface area contributed by atoms with E-state index in [0.717, 1.165) is 12.8 Å². The molecule has 2 unspecified atom stereocenters. The first kappa shape index (κ1) is 12.9. The van der Waals surface area contributed by atoms with E-state index in [4.69, 9.17) is 5.73 Å². The second-order valence-corrected chi connectivity index (χ2v) is 5.48. The van der Waals surface area contributed by atoms with Crippen molar-refractivity contribution in [3.05, 3.63) is 0 Å². The van der Waals surface area contributed by atoms with Gasteiger partial charge in [0.1, 0.15) is 0 Å². The maximum atomic E-state index is 10.4. The van der Waals surface area contributed by atoms with E-state index in [-0.39, 0.29) is 0 Å². The second-order valence-electron chi connectivity index (χ2n) is 5.48. The highest BCUT2D eigenvalue weighted by Gasteiger charge is 2.43. The van der Waals surface area contributed by atoms with Gasteiger partial charge in [0.25, 0.3) is 0 Å². The molecule has 90 valence electrons. The molecule has 15 heavy (non-hydrogen) atoms. The fourth-order valence-corrected chi connectivity index (χ4v) is 2.07. The highest BCUT2D eigenvalue weighted by atomic mass is 16.3. The smallest absolute Gasteiger partial charge is 0.0923 e. The van der Waals surface area contributed by atoms with Crippen LogP contribution >= 0.6 is 0 Å². The summed E-state index contributed by atoms with van der Waals surface area (Å²) in [5, 5.41) is 10.4. The Labute approximate surface area is 93.6 Å².